The topological polar surface area (TPSA) is 88.2 Å². The molecule has 10 heteroatoms. The molecule has 3 amide bonds. The zero-order valence-corrected chi connectivity index (χ0v) is 18.1. The fourth-order valence-electron chi connectivity index (χ4n) is 3.43. The molecule has 0 aromatic heterocycles. The minimum absolute atomic E-state index is 0.0670. The normalized spacial score (nSPS) is 18.8. The first kappa shape index (κ1) is 21.5. The van der Waals surface area contributed by atoms with Gasteiger partial charge in [0.25, 0.3) is 11.8 Å². The van der Waals surface area contributed by atoms with E-state index in [2.05, 4.69) is 17.9 Å². The van der Waals surface area contributed by atoms with Gasteiger partial charge < -0.3 is 19.7 Å². The van der Waals surface area contributed by atoms with Crippen LogP contribution in [-0.2, 0) is 14.3 Å². The number of nitrogens with zero attached hydrogens (tertiary/aromatic N) is 2. The van der Waals surface area contributed by atoms with E-state index in [4.69, 9.17) is 21.1 Å². The molecule has 0 spiro atoms. The van der Waals surface area contributed by atoms with Crippen LogP contribution in [0.4, 0.5) is 16.2 Å². The predicted octanol–water partition coefficient (Wildman–Crippen LogP) is 2.75. The number of morpholine rings is 1. The molecular formula is C21H20ClN3O5S. The highest BCUT2D eigenvalue weighted by Crippen LogP contribution is 2.26. The summed E-state index contributed by atoms with van der Waals surface area (Å²) in [6.07, 6.45) is -0.994. The molecule has 4 rings (SSSR count). The van der Waals surface area contributed by atoms with E-state index >= 15 is 0 Å². The number of nitrogens with one attached hydrogen (secondary N) is 1. The molecule has 2 fully saturated rings. The molecule has 2 aromatic carbocycles. The highest BCUT2D eigenvalue weighted by atomic mass is 35.5. The molecule has 0 bridgehead atoms. The van der Waals surface area contributed by atoms with Crippen molar-refractivity contribution in [3.8, 4) is 0 Å². The molecule has 2 heterocycles. The Kier molecular flexibility index (Phi) is 6.35. The van der Waals surface area contributed by atoms with Crippen molar-refractivity contribution < 1.29 is 23.9 Å². The van der Waals surface area contributed by atoms with E-state index in [1.165, 1.54) is 11.0 Å². The van der Waals surface area contributed by atoms with Crippen LogP contribution in [0.3, 0.4) is 0 Å². The molecule has 0 aliphatic carbocycles. The van der Waals surface area contributed by atoms with Crippen LogP contribution >= 0.6 is 24.2 Å². The Morgan fingerprint density at radius 2 is 1.84 bits per heavy atom. The number of carbonyl (C=O) groups excluding carboxylic acids is 3. The van der Waals surface area contributed by atoms with Crippen LogP contribution in [-0.4, -0.2) is 56.9 Å². The van der Waals surface area contributed by atoms with Gasteiger partial charge in [-0.2, -0.15) is 0 Å². The van der Waals surface area contributed by atoms with E-state index in [9.17, 15) is 14.4 Å². The monoisotopic (exact) mass is 461 g/mol. The number of anilines is 2. The quantitative estimate of drug-likeness (QED) is 0.668. The lowest BCUT2D eigenvalue weighted by atomic mass is 10.2. The number of hydrogen-bond acceptors (Lipinski definition) is 6. The fourth-order valence-corrected chi connectivity index (χ4v) is 3.85. The van der Waals surface area contributed by atoms with E-state index < -0.39 is 12.2 Å². The Morgan fingerprint density at radius 3 is 2.55 bits per heavy atom. The van der Waals surface area contributed by atoms with Crippen LogP contribution in [0.1, 0.15) is 10.4 Å². The largest absolute Gasteiger partial charge is 0.442 e. The second kappa shape index (κ2) is 9.17. The van der Waals surface area contributed by atoms with Crippen molar-refractivity contribution in [3.05, 3.63) is 53.1 Å². The van der Waals surface area contributed by atoms with E-state index in [1.54, 1.807) is 41.3 Å². The number of amides is 3. The van der Waals surface area contributed by atoms with Crippen LogP contribution in [0, 0.1) is 0 Å². The third-order valence-corrected chi connectivity index (χ3v) is 5.65. The molecule has 162 valence electrons. The summed E-state index contributed by atoms with van der Waals surface area (Å²) in [5.41, 5.74) is 1.75. The Morgan fingerprint density at radius 1 is 1.13 bits per heavy atom. The maximum absolute atomic E-state index is 12.4. The first-order valence-electron chi connectivity index (χ1n) is 9.65. The summed E-state index contributed by atoms with van der Waals surface area (Å²) in [6.45, 7) is 1.49. The Labute approximate surface area is 189 Å². The van der Waals surface area contributed by atoms with Crippen LogP contribution < -0.4 is 15.1 Å². The Hall–Kier alpha value is -2.75. The van der Waals surface area contributed by atoms with E-state index in [0.717, 1.165) is 5.69 Å². The van der Waals surface area contributed by atoms with Gasteiger partial charge in [-0.15, -0.1) is 12.6 Å². The number of benzene rings is 2. The minimum atomic E-state index is -0.500. The van der Waals surface area contributed by atoms with E-state index in [0.29, 0.717) is 34.3 Å². The maximum atomic E-state index is 12.4. The number of cyclic esters (lactones) is 1. The average molecular weight is 462 g/mol. The van der Waals surface area contributed by atoms with E-state index in [1.807, 2.05) is 0 Å². The molecule has 1 N–H and O–H groups in total. The predicted molar refractivity (Wildman–Crippen MR) is 118 cm³/mol. The molecule has 2 aliphatic rings. The van der Waals surface area contributed by atoms with Gasteiger partial charge in [0.05, 0.1) is 25.3 Å². The van der Waals surface area contributed by atoms with Gasteiger partial charge in [0.2, 0.25) is 0 Å². The average Bonchev–Trinajstić information content (AvgIpc) is 3.15. The van der Waals surface area contributed by atoms with Crippen LogP contribution in [0.25, 0.3) is 0 Å². The molecular weight excluding hydrogens is 442 g/mol. The van der Waals surface area contributed by atoms with Crippen LogP contribution in [0.15, 0.2) is 47.4 Å². The van der Waals surface area contributed by atoms with Gasteiger partial charge in [0.1, 0.15) is 12.7 Å². The summed E-state index contributed by atoms with van der Waals surface area (Å²) >= 11 is 10.2. The van der Waals surface area contributed by atoms with Gasteiger partial charge in [-0.3, -0.25) is 14.5 Å². The number of halogens is 1. The maximum Gasteiger partial charge on any atom is 0.414 e. The summed E-state index contributed by atoms with van der Waals surface area (Å²) in [7, 11) is 0. The van der Waals surface area contributed by atoms with Gasteiger partial charge in [-0.1, -0.05) is 11.6 Å². The molecule has 8 nitrogen and oxygen atoms in total. The van der Waals surface area contributed by atoms with Crippen LogP contribution in [0.2, 0.25) is 5.02 Å². The lowest BCUT2D eigenvalue weighted by Gasteiger charge is -2.27. The standard InChI is InChI=1S/C21H20ClN3O5S/c22-13-1-6-18(31)17(9-13)20(27)23-10-16-11-25(21(28)30-16)15-4-2-14(3-5-15)24-7-8-29-12-19(24)26/h1-6,9,16,31H,7-8,10-12H2,(H,23,27). The summed E-state index contributed by atoms with van der Waals surface area (Å²) in [4.78, 5) is 40.3. The summed E-state index contributed by atoms with van der Waals surface area (Å²) in [5.74, 6) is -0.444. The summed E-state index contributed by atoms with van der Waals surface area (Å²) in [6, 6.07) is 11.9. The molecule has 0 saturated carbocycles. The minimum Gasteiger partial charge on any atom is -0.442 e. The van der Waals surface area contributed by atoms with Crippen molar-refractivity contribution in [2.24, 2.45) is 0 Å². The fraction of sp³-hybridized carbons (Fsp3) is 0.286. The third kappa shape index (κ3) is 4.79. The summed E-state index contributed by atoms with van der Waals surface area (Å²) < 4.78 is 10.5. The second-order valence-corrected chi connectivity index (χ2v) is 8.02. The number of carbonyl (C=O) groups is 3. The molecule has 2 aliphatic heterocycles. The zero-order chi connectivity index (χ0) is 22.0. The summed E-state index contributed by atoms with van der Waals surface area (Å²) in [5, 5.41) is 3.19. The van der Waals surface area contributed by atoms with E-state index in [-0.39, 0.29) is 31.5 Å². The lowest BCUT2D eigenvalue weighted by molar-refractivity contribution is -0.125. The number of thiol groups is 1. The van der Waals surface area contributed by atoms with Gasteiger partial charge in [-0.25, -0.2) is 4.79 Å². The molecule has 1 atom stereocenters. The van der Waals surface area contributed by atoms with Crippen LogP contribution in [0.5, 0.6) is 0 Å². The van der Waals surface area contributed by atoms with Gasteiger partial charge >= 0.3 is 6.09 Å². The first-order valence-corrected chi connectivity index (χ1v) is 10.5. The Balaban J connectivity index is 1.36. The second-order valence-electron chi connectivity index (χ2n) is 7.10. The van der Waals surface area contributed by atoms with Crippen molar-refractivity contribution in [1.82, 2.24) is 5.32 Å². The zero-order valence-electron chi connectivity index (χ0n) is 16.4. The molecule has 0 radical (unpaired) electrons. The number of ether oxygens (including phenoxy) is 2. The van der Waals surface area contributed by atoms with Gasteiger partial charge in [-0.05, 0) is 42.5 Å². The van der Waals surface area contributed by atoms with Gasteiger partial charge in [0.15, 0.2) is 0 Å². The number of rotatable bonds is 5. The van der Waals surface area contributed by atoms with Crippen molar-refractivity contribution in [1.29, 1.82) is 0 Å². The molecule has 1 unspecified atom stereocenters. The van der Waals surface area contributed by atoms with Crippen molar-refractivity contribution >= 4 is 53.5 Å². The highest BCUT2D eigenvalue weighted by Gasteiger charge is 2.33. The first-order chi connectivity index (χ1) is 14.9. The van der Waals surface area contributed by atoms with Crippen molar-refractivity contribution in [3.63, 3.8) is 0 Å². The smallest absolute Gasteiger partial charge is 0.414 e. The number of hydrogen-bond donors (Lipinski definition) is 2. The SMILES string of the molecule is O=C(NCC1CN(c2ccc(N3CCOCC3=O)cc2)C(=O)O1)c1cc(Cl)ccc1S. The van der Waals surface area contributed by atoms with Crippen molar-refractivity contribution in [2.75, 3.05) is 42.6 Å². The molecule has 2 saturated heterocycles. The van der Waals surface area contributed by atoms with Crippen molar-refractivity contribution in [2.45, 2.75) is 11.0 Å². The third-order valence-electron chi connectivity index (χ3n) is 5.03. The molecule has 2 aromatic rings. The lowest BCUT2D eigenvalue weighted by Crippen LogP contribution is -2.41. The highest BCUT2D eigenvalue weighted by molar-refractivity contribution is 7.80. The molecule has 31 heavy (non-hydrogen) atoms. The Bertz CT molecular complexity index is 1020. The van der Waals surface area contributed by atoms with Gasteiger partial charge in [0, 0.05) is 27.8 Å².